The largest absolute Gasteiger partial charge is 0.481 e. The van der Waals surface area contributed by atoms with Crippen LogP contribution in [0.1, 0.15) is 51.9 Å². The Morgan fingerprint density at radius 3 is 2.72 bits per heavy atom. The van der Waals surface area contributed by atoms with Crippen LogP contribution in [0.15, 0.2) is 36.5 Å². The highest BCUT2D eigenvalue weighted by Crippen LogP contribution is 2.33. The molecule has 0 unspecified atom stereocenters. The van der Waals surface area contributed by atoms with Crippen molar-refractivity contribution in [2.45, 2.75) is 64.1 Å². The third-order valence-electron chi connectivity index (χ3n) is 4.39. The number of ketones is 1. The van der Waals surface area contributed by atoms with Crippen molar-refractivity contribution in [1.82, 2.24) is 0 Å². The number of aliphatic carboxylic acids is 1. The molecule has 0 heterocycles. The summed E-state index contributed by atoms with van der Waals surface area (Å²) in [6.07, 6.45) is 13.4. The Morgan fingerprint density at radius 2 is 2.04 bits per heavy atom. The Hall–Kier alpha value is -1.72. The molecule has 0 aromatic carbocycles. The lowest BCUT2D eigenvalue weighted by molar-refractivity contribution is -0.137. The maximum Gasteiger partial charge on any atom is 0.303 e. The van der Waals surface area contributed by atoms with Gasteiger partial charge in [-0.25, -0.2) is 0 Å². The summed E-state index contributed by atoms with van der Waals surface area (Å²) in [5.74, 6) is -1.35. The van der Waals surface area contributed by atoms with Crippen LogP contribution in [-0.4, -0.2) is 39.3 Å². The maximum atomic E-state index is 12.1. The number of aliphatic hydroxyl groups is 2. The number of carbonyl (C=O) groups is 2. The molecule has 1 saturated carbocycles. The first-order valence-electron chi connectivity index (χ1n) is 9.04. The van der Waals surface area contributed by atoms with Crippen molar-refractivity contribution in [3.63, 3.8) is 0 Å². The fourth-order valence-electron chi connectivity index (χ4n) is 3.00. The number of carboxylic acid groups (broad SMARTS) is 1. The average Bonchev–Trinajstić information content (AvgIpc) is 2.82. The van der Waals surface area contributed by atoms with Crippen LogP contribution in [0.25, 0.3) is 0 Å². The number of Topliss-reactive ketones (excluding diaryl/α,β-unsaturated/α-hetero) is 1. The Balaban J connectivity index is 2.52. The van der Waals surface area contributed by atoms with Crippen LogP contribution in [0.2, 0.25) is 0 Å². The second-order valence-corrected chi connectivity index (χ2v) is 6.49. The number of rotatable bonds is 11. The van der Waals surface area contributed by atoms with Crippen molar-refractivity contribution >= 4 is 11.8 Å². The summed E-state index contributed by atoms with van der Waals surface area (Å²) in [5.41, 5.74) is 0. The molecule has 0 bridgehead atoms. The zero-order valence-electron chi connectivity index (χ0n) is 14.9. The molecular formula is C20H30O5. The van der Waals surface area contributed by atoms with Crippen LogP contribution < -0.4 is 0 Å². The van der Waals surface area contributed by atoms with Gasteiger partial charge in [-0.05, 0) is 32.1 Å². The van der Waals surface area contributed by atoms with Crippen molar-refractivity contribution in [2.75, 3.05) is 0 Å². The lowest BCUT2D eigenvalue weighted by Gasteiger charge is -2.17. The summed E-state index contributed by atoms with van der Waals surface area (Å²) in [4.78, 5) is 22.5. The van der Waals surface area contributed by atoms with E-state index < -0.39 is 18.2 Å². The minimum absolute atomic E-state index is 0.00401. The minimum atomic E-state index is -0.803. The predicted molar refractivity (Wildman–Crippen MR) is 97.0 cm³/mol. The number of allylic oxidation sites excluding steroid dienone is 4. The van der Waals surface area contributed by atoms with Gasteiger partial charge in [0.1, 0.15) is 5.78 Å². The van der Waals surface area contributed by atoms with Crippen LogP contribution in [0.4, 0.5) is 0 Å². The van der Waals surface area contributed by atoms with Gasteiger partial charge in [-0.3, -0.25) is 9.59 Å². The average molecular weight is 350 g/mol. The van der Waals surface area contributed by atoms with Crippen molar-refractivity contribution < 1.29 is 24.9 Å². The molecule has 0 radical (unpaired) electrons. The SMILES string of the molecule is CC/C=C\C[C@@H](O)/C=C/[C@@H]1C(=O)C[C@H](O)[C@H]1C/C=C\CCCC(=O)O. The van der Waals surface area contributed by atoms with Gasteiger partial charge in [0.15, 0.2) is 0 Å². The van der Waals surface area contributed by atoms with Gasteiger partial charge in [0, 0.05) is 24.7 Å². The zero-order valence-corrected chi connectivity index (χ0v) is 14.9. The molecule has 0 amide bonds. The predicted octanol–water partition coefficient (Wildman–Crippen LogP) is 3.03. The maximum absolute atomic E-state index is 12.1. The van der Waals surface area contributed by atoms with E-state index in [4.69, 9.17) is 5.11 Å². The summed E-state index contributed by atoms with van der Waals surface area (Å²) < 4.78 is 0. The Kier molecular flexibility index (Phi) is 10.0. The molecule has 5 nitrogen and oxygen atoms in total. The van der Waals surface area contributed by atoms with Gasteiger partial charge in [0.2, 0.25) is 0 Å². The van der Waals surface area contributed by atoms with Crippen LogP contribution in [0.5, 0.6) is 0 Å². The molecule has 1 aliphatic rings. The third-order valence-corrected chi connectivity index (χ3v) is 4.39. The first kappa shape index (κ1) is 21.3. The van der Waals surface area contributed by atoms with E-state index in [9.17, 15) is 19.8 Å². The van der Waals surface area contributed by atoms with E-state index >= 15 is 0 Å². The van der Waals surface area contributed by atoms with E-state index in [1.807, 2.05) is 31.2 Å². The Bertz CT molecular complexity index is 506. The fourth-order valence-corrected chi connectivity index (χ4v) is 3.00. The Morgan fingerprint density at radius 1 is 1.28 bits per heavy atom. The quantitative estimate of drug-likeness (QED) is 0.393. The molecule has 0 aromatic heterocycles. The molecule has 1 fully saturated rings. The molecule has 0 spiro atoms. The Labute approximate surface area is 149 Å². The number of hydrogen-bond donors (Lipinski definition) is 3. The number of carbonyl (C=O) groups excluding carboxylic acids is 1. The second-order valence-electron chi connectivity index (χ2n) is 6.49. The molecule has 140 valence electrons. The van der Waals surface area contributed by atoms with Crippen LogP contribution in [0, 0.1) is 11.8 Å². The fraction of sp³-hybridized carbons (Fsp3) is 0.600. The van der Waals surface area contributed by atoms with Gasteiger partial charge in [-0.1, -0.05) is 43.4 Å². The number of carboxylic acids is 1. The van der Waals surface area contributed by atoms with Crippen molar-refractivity contribution in [3.05, 3.63) is 36.5 Å². The van der Waals surface area contributed by atoms with E-state index in [2.05, 4.69) is 0 Å². The molecule has 1 aliphatic carbocycles. The van der Waals surface area contributed by atoms with Gasteiger partial charge >= 0.3 is 5.97 Å². The van der Waals surface area contributed by atoms with E-state index in [1.165, 1.54) is 0 Å². The summed E-state index contributed by atoms with van der Waals surface area (Å²) in [6, 6.07) is 0. The summed E-state index contributed by atoms with van der Waals surface area (Å²) in [6.45, 7) is 2.02. The number of hydrogen-bond acceptors (Lipinski definition) is 4. The molecule has 25 heavy (non-hydrogen) atoms. The molecule has 1 rings (SSSR count). The standard InChI is InChI=1S/C20H30O5/c1-2-3-6-9-15(21)12-13-17-16(18(22)14-19(17)23)10-7-4-5-8-11-20(24)25/h3-4,6-7,12-13,15-18,21-22H,2,5,8-11,14H2,1H3,(H,24,25)/b6-3-,7-4-,13-12+/t15-,16+,17+,18+/m1/s1. The van der Waals surface area contributed by atoms with E-state index in [0.717, 1.165) is 6.42 Å². The highest BCUT2D eigenvalue weighted by molar-refractivity contribution is 5.86. The van der Waals surface area contributed by atoms with Gasteiger partial charge < -0.3 is 15.3 Å². The van der Waals surface area contributed by atoms with Gasteiger partial charge in [-0.15, -0.1) is 0 Å². The molecule has 0 aliphatic heterocycles. The van der Waals surface area contributed by atoms with Crippen molar-refractivity contribution in [2.24, 2.45) is 11.8 Å². The minimum Gasteiger partial charge on any atom is -0.481 e. The number of unbranched alkanes of at least 4 members (excludes halogenated alkanes) is 1. The van der Waals surface area contributed by atoms with Crippen molar-refractivity contribution in [1.29, 1.82) is 0 Å². The van der Waals surface area contributed by atoms with E-state index in [-0.39, 0.29) is 30.5 Å². The first-order valence-corrected chi connectivity index (χ1v) is 9.04. The molecular weight excluding hydrogens is 320 g/mol. The van der Waals surface area contributed by atoms with Crippen LogP contribution in [0.3, 0.4) is 0 Å². The van der Waals surface area contributed by atoms with Crippen LogP contribution >= 0.6 is 0 Å². The highest BCUT2D eigenvalue weighted by atomic mass is 16.4. The monoisotopic (exact) mass is 350 g/mol. The zero-order chi connectivity index (χ0) is 18.7. The smallest absolute Gasteiger partial charge is 0.303 e. The summed E-state index contributed by atoms with van der Waals surface area (Å²) >= 11 is 0. The van der Waals surface area contributed by atoms with Gasteiger partial charge in [0.05, 0.1) is 12.2 Å². The molecule has 3 N–H and O–H groups in total. The second kappa shape index (κ2) is 11.8. The highest BCUT2D eigenvalue weighted by Gasteiger charge is 2.39. The van der Waals surface area contributed by atoms with Crippen molar-refractivity contribution in [3.8, 4) is 0 Å². The van der Waals surface area contributed by atoms with E-state index in [0.29, 0.717) is 25.7 Å². The summed E-state index contributed by atoms with van der Waals surface area (Å²) in [5, 5.41) is 28.6. The lowest BCUT2D eigenvalue weighted by Crippen LogP contribution is -2.19. The molecule has 0 saturated heterocycles. The van der Waals surface area contributed by atoms with Gasteiger partial charge in [0.25, 0.3) is 0 Å². The third kappa shape index (κ3) is 8.27. The van der Waals surface area contributed by atoms with Crippen LogP contribution in [-0.2, 0) is 9.59 Å². The normalized spacial score (nSPS) is 25.6. The van der Waals surface area contributed by atoms with E-state index in [1.54, 1.807) is 12.2 Å². The number of aliphatic hydroxyl groups excluding tert-OH is 2. The molecule has 5 heteroatoms. The molecule has 0 aromatic rings. The van der Waals surface area contributed by atoms with Gasteiger partial charge in [-0.2, -0.15) is 0 Å². The lowest BCUT2D eigenvalue weighted by atomic mass is 9.90. The first-order chi connectivity index (χ1) is 12.0. The topological polar surface area (TPSA) is 94.8 Å². The summed E-state index contributed by atoms with van der Waals surface area (Å²) in [7, 11) is 0. The molecule has 4 atom stereocenters.